The van der Waals surface area contributed by atoms with E-state index >= 15 is 0 Å². The molecule has 5 aromatic rings. The predicted molar refractivity (Wildman–Crippen MR) is 159 cm³/mol. The first-order valence-corrected chi connectivity index (χ1v) is 16.4. The van der Waals surface area contributed by atoms with E-state index in [0.29, 0.717) is 8.45 Å². The maximum absolute atomic E-state index is 2.59. The fourth-order valence-corrected chi connectivity index (χ4v) is 12.6. The number of benzene rings is 5. The van der Waals surface area contributed by atoms with Crippen LogP contribution < -0.4 is 20.0 Å². The molecule has 0 amide bonds. The summed E-state index contributed by atoms with van der Waals surface area (Å²) in [7, 11) is -0.574. The minimum atomic E-state index is -0.574. The Hall–Kier alpha value is -3.42. The monoisotopic (exact) mass is 574 g/mol. The van der Waals surface area contributed by atoms with E-state index in [4.69, 9.17) is 0 Å². The molecule has 8 rings (SSSR count). The van der Waals surface area contributed by atoms with Gasteiger partial charge in [0, 0.05) is 0 Å². The molecule has 3 unspecified atom stereocenters. The summed E-state index contributed by atoms with van der Waals surface area (Å²) >= 11 is -0.398. The molecule has 1 heterocycles. The average Bonchev–Trinajstić information content (AvgIpc) is 3.52. The van der Waals surface area contributed by atoms with Gasteiger partial charge >= 0.3 is 236 Å². The van der Waals surface area contributed by atoms with Crippen LogP contribution in [-0.4, -0.2) is 0 Å². The Bertz CT molecular complexity index is 1760. The van der Waals surface area contributed by atoms with Crippen LogP contribution in [0.3, 0.4) is 0 Å². The molecule has 0 fully saturated rings. The van der Waals surface area contributed by atoms with E-state index in [9.17, 15) is 0 Å². The minimum absolute atomic E-state index is 0. The molecule has 2 aliphatic carbocycles. The molecule has 5 aromatic carbocycles. The molecule has 0 saturated carbocycles. The third-order valence-corrected chi connectivity index (χ3v) is 13.9. The first kappa shape index (κ1) is 26.8. The van der Waals surface area contributed by atoms with Crippen LogP contribution in [0.2, 0.25) is 0 Å². The van der Waals surface area contributed by atoms with Crippen LogP contribution in [0.5, 0.6) is 0 Å². The van der Waals surface area contributed by atoms with Crippen molar-refractivity contribution in [3.05, 3.63) is 155 Å². The van der Waals surface area contributed by atoms with Gasteiger partial charge in [0.05, 0.1) is 0 Å². The van der Waals surface area contributed by atoms with Crippen LogP contribution in [-0.2, 0) is 19.2 Å². The standard InChI is InChI=1S/C21H14P.C15H11.2FH.Ti/c1-2-8-16(9-3-1)22-17-13-15-7-6-11-18(20(15)14-17)19-10-4-5-12-21(19)22;1-2-6-12(7-3-1)14-10-4-8-13-9-5-11-15(13)14;;;/h1-14H;1-11H;2*1H;/q;;;;+2/p-2. The largest absolute Gasteiger partial charge is 1.00 e. The molecule has 0 N–H and O–H groups in total. The zero-order valence-electron chi connectivity index (χ0n) is 21.6. The molecule has 40 heavy (non-hydrogen) atoms. The van der Waals surface area contributed by atoms with Gasteiger partial charge in [0.1, 0.15) is 0 Å². The van der Waals surface area contributed by atoms with Crippen molar-refractivity contribution < 1.29 is 28.6 Å². The first-order chi connectivity index (χ1) is 18.9. The normalized spacial score (nSPS) is 18.8. The van der Waals surface area contributed by atoms with E-state index in [1.165, 1.54) is 49.6 Å². The quantitative estimate of drug-likeness (QED) is 0.229. The van der Waals surface area contributed by atoms with Crippen molar-refractivity contribution in [3.8, 4) is 22.3 Å². The zero-order chi connectivity index (χ0) is 25.1. The zero-order valence-corrected chi connectivity index (χ0v) is 24.1. The fraction of sp³-hybridized carbons (Fsp3) is 0.0556. The van der Waals surface area contributed by atoms with Gasteiger partial charge < -0.3 is 9.41 Å². The molecule has 1 aliphatic heterocycles. The summed E-state index contributed by atoms with van der Waals surface area (Å²) < 4.78 is 1.09. The Kier molecular flexibility index (Phi) is 7.28. The van der Waals surface area contributed by atoms with Gasteiger partial charge in [-0.25, -0.2) is 0 Å². The van der Waals surface area contributed by atoms with Gasteiger partial charge in [-0.15, -0.1) is 0 Å². The van der Waals surface area contributed by atoms with Gasteiger partial charge in [-0.3, -0.25) is 0 Å². The Morgan fingerprint density at radius 3 is 2.00 bits per heavy atom. The summed E-state index contributed by atoms with van der Waals surface area (Å²) in [6, 6.07) is 45.3. The van der Waals surface area contributed by atoms with Gasteiger partial charge in [0.25, 0.3) is 0 Å². The summed E-state index contributed by atoms with van der Waals surface area (Å²) in [4.78, 5) is 0. The smallest absolute Gasteiger partial charge is 1.00 e. The maximum atomic E-state index is 2.59. The van der Waals surface area contributed by atoms with E-state index < -0.39 is 27.1 Å². The third-order valence-electron chi connectivity index (χ3n) is 8.11. The molecule has 0 saturated heterocycles. The first-order valence-electron chi connectivity index (χ1n) is 13.3. The predicted octanol–water partition coefficient (Wildman–Crippen LogP) is 2.72. The SMILES string of the molecule is C1=C[CH]([Ti+2][CH]2C3=Cc4c(cccc42)-c2ccccc2P3c2ccccc2)c2cccc(-c3ccccc3)c21.[F-].[F-]. The number of allylic oxidation sites excluding steroid dienone is 2. The number of hydrogen-bond acceptors (Lipinski definition) is 0. The third kappa shape index (κ3) is 4.18. The van der Waals surface area contributed by atoms with Crippen molar-refractivity contribution in [1.29, 1.82) is 0 Å². The summed E-state index contributed by atoms with van der Waals surface area (Å²) in [5, 5.41) is 4.65. The van der Waals surface area contributed by atoms with Crippen molar-refractivity contribution >= 4 is 30.7 Å². The molecule has 4 bridgehead atoms. The van der Waals surface area contributed by atoms with E-state index in [2.05, 4.69) is 140 Å². The van der Waals surface area contributed by atoms with Crippen LogP contribution in [0.4, 0.5) is 0 Å². The molecule has 3 atom stereocenters. The average molecular weight is 574 g/mol. The van der Waals surface area contributed by atoms with Gasteiger partial charge in [-0.2, -0.15) is 0 Å². The second kappa shape index (κ2) is 10.9. The van der Waals surface area contributed by atoms with Crippen molar-refractivity contribution in [2.45, 2.75) is 8.45 Å². The number of halogens is 2. The second-order valence-electron chi connectivity index (χ2n) is 10.2. The number of hydrogen-bond donors (Lipinski definition) is 0. The van der Waals surface area contributed by atoms with Crippen LogP contribution >= 0.6 is 7.92 Å². The fourth-order valence-electron chi connectivity index (χ4n) is 6.42. The Balaban J connectivity index is 0.00000145. The molecule has 4 heteroatoms. The molecule has 0 nitrogen and oxygen atoms in total. The summed E-state index contributed by atoms with van der Waals surface area (Å²) in [6.07, 6.45) is 7.52. The van der Waals surface area contributed by atoms with E-state index in [-0.39, 0.29) is 9.41 Å². The molecule has 0 aromatic heterocycles. The van der Waals surface area contributed by atoms with Crippen LogP contribution in [0.15, 0.2) is 133 Å². The van der Waals surface area contributed by atoms with E-state index in [0.717, 1.165) is 0 Å². The van der Waals surface area contributed by atoms with Gasteiger partial charge in [0.15, 0.2) is 0 Å². The van der Waals surface area contributed by atoms with Crippen LogP contribution in [0.1, 0.15) is 30.7 Å². The van der Waals surface area contributed by atoms with Crippen molar-refractivity contribution in [2.75, 3.05) is 0 Å². The molecular formula is C36H25F2PTi. The van der Waals surface area contributed by atoms with Crippen LogP contribution in [0, 0.1) is 0 Å². The van der Waals surface area contributed by atoms with Crippen molar-refractivity contribution in [3.63, 3.8) is 0 Å². The maximum Gasteiger partial charge on any atom is -1.00 e. The molecule has 0 spiro atoms. The summed E-state index contributed by atoms with van der Waals surface area (Å²) in [5.41, 5.74) is 11.5. The minimum Gasteiger partial charge on any atom is -1.00 e. The van der Waals surface area contributed by atoms with Gasteiger partial charge in [-0.1, -0.05) is 0 Å². The number of fused-ring (bicyclic) bond motifs is 4. The second-order valence-corrected chi connectivity index (χ2v) is 14.8. The Labute approximate surface area is 243 Å². The van der Waals surface area contributed by atoms with Crippen molar-refractivity contribution in [2.24, 2.45) is 0 Å². The Morgan fingerprint density at radius 2 is 1.20 bits per heavy atom. The summed E-state index contributed by atoms with van der Waals surface area (Å²) in [6.45, 7) is 0. The van der Waals surface area contributed by atoms with Crippen LogP contribution in [0.25, 0.3) is 34.4 Å². The molecule has 3 aliphatic rings. The van der Waals surface area contributed by atoms with Gasteiger partial charge in [0.2, 0.25) is 0 Å². The summed E-state index contributed by atoms with van der Waals surface area (Å²) in [5.74, 6) is 0. The van der Waals surface area contributed by atoms with Gasteiger partial charge in [-0.05, 0) is 0 Å². The number of rotatable bonds is 4. The van der Waals surface area contributed by atoms with E-state index in [1.807, 2.05) is 0 Å². The molecule has 0 radical (unpaired) electrons. The molecular weight excluding hydrogens is 549 g/mol. The molecule has 192 valence electrons. The topological polar surface area (TPSA) is 0 Å². The van der Waals surface area contributed by atoms with E-state index in [1.54, 1.807) is 10.9 Å². The van der Waals surface area contributed by atoms with Crippen molar-refractivity contribution in [1.82, 2.24) is 0 Å². The Morgan fingerprint density at radius 1 is 0.550 bits per heavy atom.